The van der Waals surface area contributed by atoms with Crippen LogP contribution in [0.5, 0.6) is 5.75 Å². The summed E-state index contributed by atoms with van der Waals surface area (Å²) in [5.74, 6) is 1.04. The van der Waals surface area contributed by atoms with Gasteiger partial charge < -0.3 is 10.1 Å². The molecule has 2 aromatic rings. The molecule has 0 radical (unpaired) electrons. The Labute approximate surface area is 171 Å². The number of nitrogens with zero attached hydrogens (tertiary/aromatic N) is 1. The van der Waals surface area contributed by atoms with E-state index >= 15 is 0 Å². The fraction of sp³-hybridized carbons (Fsp3) is 0.429. The van der Waals surface area contributed by atoms with Crippen molar-refractivity contribution < 1.29 is 17.9 Å². The van der Waals surface area contributed by atoms with Crippen molar-refractivity contribution in [3.63, 3.8) is 0 Å². The van der Waals surface area contributed by atoms with Crippen LogP contribution in [0, 0.1) is 12.8 Å². The molecule has 8 heteroatoms. The monoisotopic (exact) mass is 417 g/mol. The summed E-state index contributed by atoms with van der Waals surface area (Å²) in [5.41, 5.74) is 1.42. The van der Waals surface area contributed by atoms with Gasteiger partial charge in [0.25, 0.3) is 5.91 Å². The van der Waals surface area contributed by atoms with E-state index in [4.69, 9.17) is 4.74 Å². The highest BCUT2D eigenvalue weighted by Gasteiger charge is 2.17. The summed E-state index contributed by atoms with van der Waals surface area (Å²) in [7, 11) is -3.44. The zero-order chi connectivity index (χ0) is 20.9. The van der Waals surface area contributed by atoms with Gasteiger partial charge in [-0.25, -0.2) is 13.4 Å². The molecule has 2 N–H and O–H groups in total. The quantitative estimate of drug-likeness (QED) is 0.710. The first kappa shape index (κ1) is 21.1. The molecule has 1 aromatic heterocycles. The van der Waals surface area contributed by atoms with Gasteiger partial charge in [-0.1, -0.05) is 25.3 Å². The summed E-state index contributed by atoms with van der Waals surface area (Å²) >= 11 is 0. The highest BCUT2D eigenvalue weighted by molar-refractivity contribution is 7.92. The smallest absolute Gasteiger partial charge is 0.256 e. The number of hydrogen-bond donors (Lipinski definition) is 2. The first-order chi connectivity index (χ1) is 13.8. The Hall–Kier alpha value is -2.61. The number of sulfonamides is 1. The number of carbonyl (C=O) groups is 1. The van der Waals surface area contributed by atoms with E-state index in [1.807, 2.05) is 0 Å². The number of carbonyl (C=O) groups excluding carboxylic acids is 1. The molecule has 0 unspecified atom stereocenters. The van der Waals surface area contributed by atoms with E-state index in [2.05, 4.69) is 15.0 Å². The average molecular weight is 418 g/mol. The molecule has 1 amide bonds. The molecule has 1 aliphatic carbocycles. The second kappa shape index (κ2) is 9.26. The molecule has 156 valence electrons. The number of aryl methyl sites for hydroxylation is 1. The number of pyridine rings is 1. The van der Waals surface area contributed by atoms with Gasteiger partial charge in [0.15, 0.2) is 11.6 Å². The zero-order valence-corrected chi connectivity index (χ0v) is 17.6. The van der Waals surface area contributed by atoms with E-state index in [1.54, 1.807) is 37.4 Å². The van der Waals surface area contributed by atoms with Gasteiger partial charge in [0.2, 0.25) is 10.0 Å². The molecular formula is C21H27N3O4S. The Morgan fingerprint density at radius 1 is 1.21 bits per heavy atom. The summed E-state index contributed by atoms with van der Waals surface area (Å²) in [6.07, 6.45) is 8.77. The van der Waals surface area contributed by atoms with Crippen LogP contribution in [0.25, 0.3) is 0 Å². The van der Waals surface area contributed by atoms with Gasteiger partial charge in [-0.05, 0) is 55.5 Å². The number of benzene rings is 1. The van der Waals surface area contributed by atoms with Gasteiger partial charge in [0.05, 0.1) is 18.6 Å². The van der Waals surface area contributed by atoms with Crippen LogP contribution in [0.3, 0.4) is 0 Å². The van der Waals surface area contributed by atoms with Gasteiger partial charge in [-0.2, -0.15) is 0 Å². The van der Waals surface area contributed by atoms with Crippen molar-refractivity contribution in [1.82, 2.24) is 4.98 Å². The molecule has 7 nitrogen and oxygen atoms in total. The topological polar surface area (TPSA) is 97.4 Å². The van der Waals surface area contributed by atoms with E-state index in [1.165, 1.54) is 38.2 Å². The molecule has 0 saturated heterocycles. The summed E-state index contributed by atoms with van der Waals surface area (Å²) < 4.78 is 31.4. The molecule has 0 spiro atoms. The molecule has 1 aliphatic rings. The van der Waals surface area contributed by atoms with Crippen molar-refractivity contribution in [1.29, 1.82) is 0 Å². The van der Waals surface area contributed by atoms with Crippen LogP contribution in [0.4, 0.5) is 11.5 Å². The van der Waals surface area contributed by atoms with Crippen molar-refractivity contribution in [3.05, 3.63) is 47.7 Å². The summed E-state index contributed by atoms with van der Waals surface area (Å²) in [6, 6.07) is 8.41. The normalized spacial score (nSPS) is 15.0. The highest BCUT2D eigenvalue weighted by atomic mass is 32.2. The lowest BCUT2D eigenvalue weighted by Crippen LogP contribution is -2.18. The molecule has 3 rings (SSSR count). The van der Waals surface area contributed by atoms with Crippen LogP contribution in [-0.4, -0.2) is 32.2 Å². The molecule has 0 atom stereocenters. The van der Waals surface area contributed by atoms with Crippen LogP contribution in [0.2, 0.25) is 0 Å². The number of rotatable bonds is 7. The van der Waals surface area contributed by atoms with Gasteiger partial charge >= 0.3 is 0 Å². The maximum atomic E-state index is 12.7. The molecule has 0 bridgehead atoms. The summed E-state index contributed by atoms with van der Waals surface area (Å²) in [5, 5.41) is 2.77. The Kier molecular flexibility index (Phi) is 6.74. The van der Waals surface area contributed by atoms with Gasteiger partial charge in [0, 0.05) is 11.8 Å². The minimum absolute atomic E-state index is 0.325. The fourth-order valence-corrected chi connectivity index (χ4v) is 4.03. The van der Waals surface area contributed by atoms with E-state index in [-0.39, 0.29) is 5.91 Å². The molecular weight excluding hydrogens is 390 g/mol. The van der Waals surface area contributed by atoms with Crippen LogP contribution in [-0.2, 0) is 10.0 Å². The van der Waals surface area contributed by atoms with Crippen molar-refractivity contribution >= 4 is 27.4 Å². The first-order valence-electron chi connectivity index (χ1n) is 9.79. The first-order valence-corrected chi connectivity index (χ1v) is 11.7. The SMILES string of the molecule is Cc1ccc(C(=O)Nc2ncccc2OCC2CCCCC2)cc1NS(C)(=O)=O. The van der Waals surface area contributed by atoms with Gasteiger partial charge in [-0.15, -0.1) is 0 Å². The van der Waals surface area contributed by atoms with E-state index < -0.39 is 10.0 Å². The molecule has 1 saturated carbocycles. The third-order valence-electron chi connectivity index (χ3n) is 5.00. The lowest BCUT2D eigenvalue weighted by atomic mass is 9.90. The van der Waals surface area contributed by atoms with E-state index in [0.717, 1.165) is 11.8 Å². The summed E-state index contributed by atoms with van der Waals surface area (Å²) in [4.78, 5) is 17.0. The van der Waals surface area contributed by atoms with E-state index in [0.29, 0.717) is 35.3 Å². The van der Waals surface area contributed by atoms with Crippen molar-refractivity contribution in [2.45, 2.75) is 39.0 Å². The van der Waals surface area contributed by atoms with Gasteiger partial charge in [-0.3, -0.25) is 9.52 Å². The number of anilines is 2. The minimum atomic E-state index is -3.44. The maximum absolute atomic E-state index is 12.7. The number of ether oxygens (including phenoxy) is 1. The molecule has 29 heavy (non-hydrogen) atoms. The maximum Gasteiger partial charge on any atom is 0.256 e. The van der Waals surface area contributed by atoms with Crippen LogP contribution in [0.15, 0.2) is 36.5 Å². The predicted octanol–water partition coefficient (Wildman–Crippen LogP) is 3.97. The molecule has 0 aliphatic heterocycles. The third-order valence-corrected chi connectivity index (χ3v) is 5.59. The Morgan fingerprint density at radius 3 is 2.69 bits per heavy atom. The van der Waals surface area contributed by atoms with Crippen LogP contribution < -0.4 is 14.8 Å². The summed E-state index contributed by atoms with van der Waals surface area (Å²) in [6.45, 7) is 2.38. The second-order valence-electron chi connectivity index (χ2n) is 7.52. The minimum Gasteiger partial charge on any atom is -0.489 e. The average Bonchev–Trinajstić information content (AvgIpc) is 2.68. The lowest BCUT2D eigenvalue weighted by molar-refractivity contribution is 0.102. The van der Waals surface area contributed by atoms with Crippen molar-refractivity contribution in [3.8, 4) is 5.75 Å². The van der Waals surface area contributed by atoms with Crippen LogP contribution in [0.1, 0.15) is 48.0 Å². The zero-order valence-electron chi connectivity index (χ0n) is 16.8. The number of aromatic nitrogens is 1. The Morgan fingerprint density at radius 2 is 1.97 bits per heavy atom. The van der Waals surface area contributed by atoms with Gasteiger partial charge in [0.1, 0.15) is 0 Å². The fourth-order valence-electron chi connectivity index (χ4n) is 3.41. The standard InChI is InChI=1S/C21H27N3O4S/c1-15-10-11-17(13-18(15)24-29(2,26)27)21(25)23-20-19(9-6-12-22-20)28-14-16-7-4-3-5-8-16/h6,9-13,16,24H,3-5,7-8,14H2,1-2H3,(H,22,23,25). The van der Waals surface area contributed by atoms with Crippen molar-refractivity contribution in [2.75, 3.05) is 22.9 Å². The third kappa shape index (κ3) is 6.19. The molecule has 1 fully saturated rings. The highest BCUT2D eigenvalue weighted by Crippen LogP contribution is 2.27. The lowest BCUT2D eigenvalue weighted by Gasteiger charge is -2.22. The number of nitrogens with one attached hydrogen (secondary N) is 2. The Bertz CT molecular complexity index is 970. The Balaban J connectivity index is 1.71. The predicted molar refractivity (Wildman–Crippen MR) is 114 cm³/mol. The molecule has 1 heterocycles. The van der Waals surface area contributed by atoms with Crippen molar-refractivity contribution in [2.24, 2.45) is 5.92 Å². The number of amides is 1. The molecule has 1 aromatic carbocycles. The largest absolute Gasteiger partial charge is 0.489 e. The van der Waals surface area contributed by atoms with E-state index in [9.17, 15) is 13.2 Å². The second-order valence-corrected chi connectivity index (χ2v) is 9.27. The number of hydrogen-bond acceptors (Lipinski definition) is 5. The van der Waals surface area contributed by atoms with Crippen LogP contribution >= 0.6 is 0 Å².